The molecule has 3 nitrogen and oxygen atoms in total. The number of hydrogen-bond acceptors (Lipinski definition) is 3. The zero-order valence-electron chi connectivity index (χ0n) is 11.0. The lowest BCUT2D eigenvalue weighted by Crippen LogP contribution is -2.25. The first-order chi connectivity index (χ1) is 8.31. The molecule has 0 aliphatic heterocycles. The third kappa shape index (κ3) is 5.07. The number of rotatable bonds is 4. The largest absolute Gasteiger partial charge is 0.391 e. The van der Waals surface area contributed by atoms with Crippen molar-refractivity contribution in [1.29, 1.82) is 5.26 Å². The average molecular weight is 311 g/mol. The Morgan fingerprint density at radius 2 is 2.11 bits per heavy atom. The molecule has 0 aliphatic carbocycles. The topological polar surface area (TPSA) is 56.0 Å². The van der Waals surface area contributed by atoms with E-state index in [0.29, 0.717) is 12.1 Å². The van der Waals surface area contributed by atoms with E-state index in [1.54, 1.807) is 12.1 Å². The van der Waals surface area contributed by atoms with Gasteiger partial charge in [0.05, 0.1) is 17.7 Å². The molecule has 0 spiro atoms. The normalized spacial score (nSPS) is 12.9. The van der Waals surface area contributed by atoms with Crippen LogP contribution in [0.3, 0.4) is 0 Å². The van der Waals surface area contributed by atoms with Crippen LogP contribution in [0, 0.1) is 16.7 Å². The Morgan fingerprint density at radius 3 is 2.61 bits per heavy atom. The van der Waals surface area contributed by atoms with Gasteiger partial charge in [-0.3, -0.25) is 0 Å². The minimum Gasteiger partial charge on any atom is -0.391 e. The summed E-state index contributed by atoms with van der Waals surface area (Å²) < 4.78 is 0.838. The Labute approximate surface area is 117 Å². The van der Waals surface area contributed by atoms with Gasteiger partial charge in [-0.25, -0.2) is 0 Å². The molecule has 0 saturated carbocycles. The molecule has 0 amide bonds. The quantitative estimate of drug-likeness (QED) is 0.894. The first-order valence-electron chi connectivity index (χ1n) is 5.93. The van der Waals surface area contributed by atoms with Crippen LogP contribution in [0.2, 0.25) is 0 Å². The van der Waals surface area contributed by atoms with Gasteiger partial charge in [0.25, 0.3) is 0 Å². The molecular formula is C14H19BrN2O. The van der Waals surface area contributed by atoms with Crippen LogP contribution in [0.15, 0.2) is 22.7 Å². The average Bonchev–Trinajstić information content (AvgIpc) is 2.25. The fourth-order valence-electron chi connectivity index (χ4n) is 1.73. The first kappa shape index (κ1) is 15.0. The zero-order chi connectivity index (χ0) is 13.8. The Morgan fingerprint density at radius 1 is 1.44 bits per heavy atom. The van der Waals surface area contributed by atoms with E-state index < -0.39 is 0 Å². The smallest absolute Gasteiger partial charge is 0.0992 e. The van der Waals surface area contributed by atoms with Gasteiger partial charge in [-0.05, 0) is 46.0 Å². The van der Waals surface area contributed by atoms with Crippen LogP contribution in [0.1, 0.15) is 32.8 Å². The minimum absolute atomic E-state index is 0.114. The molecular weight excluding hydrogens is 292 g/mol. The summed E-state index contributed by atoms with van der Waals surface area (Å²) in [6, 6.07) is 7.44. The minimum atomic E-state index is -0.382. The molecule has 1 atom stereocenters. The Balaban J connectivity index is 2.57. The number of aliphatic hydroxyl groups is 1. The third-order valence-corrected chi connectivity index (χ3v) is 3.13. The van der Waals surface area contributed by atoms with Crippen molar-refractivity contribution in [3.63, 3.8) is 0 Å². The van der Waals surface area contributed by atoms with Crippen molar-refractivity contribution in [3.8, 4) is 6.07 Å². The highest BCUT2D eigenvalue weighted by atomic mass is 79.9. The van der Waals surface area contributed by atoms with Crippen molar-refractivity contribution in [1.82, 2.24) is 0 Å². The van der Waals surface area contributed by atoms with Gasteiger partial charge in [0.1, 0.15) is 0 Å². The second-order valence-electron chi connectivity index (χ2n) is 5.61. The maximum atomic E-state index is 9.91. The molecule has 1 aromatic carbocycles. The number of benzene rings is 1. The van der Waals surface area contributed by atoms with Gasteiger partial charge < -0.3 is 10.4 Å². The van der Waals surface area contributed by atoms with E-state index in [0.717, 1.165) is 16.6 Å². The molecule has 0 saturated heterocycles. The highest BCUT2D eigenvalue weighted by Crippen LogP contribution is 2.25. The second kappa shape index (κ2) is 6.21. The zero-order valence-corrected chi connectivity index (χ0v) is 12.6. The maximum Gasteiger partial charge on any atom is 0.0992 e. The summed E-state index contributed by atoms with van der Waals surface area (Å²) in [5.74, 6) is 0. The van der Waals surface area contributed by atoms with Gasteiger partial charge in [0.15, 0.2) is 0 Å². The van der Waals surface area contributed by atoms with Crippen LogP contribution >= 0.6 is 15.9 Å². The van der Waals surface area contributed by atoms with Crippen molar-refractivity contribution in [3.05, 3.63) is 28.2 Å². The van der Waals surface area contributed by atoms with Crippen LogP contribution in [-0.4, -0.2) is 17.8 Å². The van der Waals surface area contributed by atoms with Gasteiger partial charge in [0, 0.05) is 16.7 Å². The summed E-state index contributed by atoms with van der Waals surface area (Å²) in [7, 11) is 0. The van der Waals surface area contributed by atoms with E-state index in [1.807, 2.05) is 6.07 Å². The van der Waals surface area contributed by atoms with E-state index in [2.05, 4.69) is 48.1 Å². The van der Waals surface area contributed by atoms with Crippen molar-refractivity contribution in [2.75, 3.05) is 11.9 Å². The number of nitriles is 1. The van der Waals surface area contributed by atoms with Crippen LogP contribution in [0.4, 0.5) is 5.69 Å². The number of hydrogen-bond donors (Lipinski definition) is 2. The molecule has 0 aromatic heterocycles. The number of nitrogens with zero attached hydrogens (tertiary/aromatic N) is 1. The lowest BCUT2D eigenvalue weighted by Gasteiger charge is -2.23. The summed E-state index contributed by atoms with van der Waals surface area (Å²) in [4.78, 5) is 0. The summed E-state index contributed by atoms with van der Waals surface area (Å²) in [6.45, 7) is 6.82. The number of aliphatic hydroxyl groups excluding tert-OH is 1. The standard InChI is InChI=1S/C14H19BrN2O/c1-14(2,3)7-11(18)9-17-13-5-4-10(8-16)6-12(13)15/h4-6,11,17-18H,7,9H2,1-3H3. The molecule has 0 heterocycles. The monoisotopic (exact) mass is 310 g/mol. The molecule has 1 aromatic rings. The highest BCUT2D eigenvalue weighted by molar-refractivity contribution is 9.10. The molecule has 1 unspecified atom stereocenters. The summed E-state index contributed by atoms with van der Waals surface area (Å²) in [5.41, 5.74) is 1.62. The summed E-state index contributed by atoms with van der Waals surface area (Å²) in [5, 5.41) is 21.9. The number of nitrogens with one attached hydrogen (secondary N) is 1. The van der Waals surface area contributed by atoms with Crippen molar-refractivity contribution >= 4 is 21.6 Å². The van der Waals surface area contributed by atoms with Crippen molar-refractivity contribution < 1.29 is 5.11 Å². The Kier molecular flexibility index (Phi) is 5.18. The van der Waals surface area contributed by atoms with E-state index in [4.69, 9.17) is 5.26 Å². The molecule has 4 heteroatoms. The lowest BCUT2D eigenvalue weighted by atomic mass is 9.89. The van der Waals surface area contributed by atoms with E-state index in [-0.39, 0.29) is 11.5 Å². The SMILES string of the molecule is CC(C)(C)CC(O)CNc1ccc(C#N)cc1Br. The van der Waals surface area contributed by atoms with Gasteiger partial charge in [-0.2, -0.15) is 5.26 Å². The van der Waals surface area contributed by atoms with E-state index in [1.165, 1.54) is 0 Å². The molecule has 0 fully saturated rings. The number of halogens is 1. The fraction of sp³-hybridized carbons (Fsp3) is 0.500. The van der Waals surface area contributed by atoms with Crippen LogP contribution in [-0.2, 0) is 0 Å². The Hall–Kier alpha value is -1.05. The van der Waals surface area contributed by atoms with E-state index >= 15 is 0 Å². The second-order valence-corrected chi connectivity index (χ2v) is 6.46. The van der Waals surface area contributed by atoms with Crippen molar-refractivity contribution in [2.24, 2.45) is 5.41 Å². The van der Waals surface area contributed by atoms with Crippen molar-refractivity contribution in [2.45, 2.75) is 33.3 Å². The Bertz CT molecular complexity index is 446. The maximum absolute atomic E-state index is 9.91. The van der Waals surface area contributed by atoms with E-state index in [9.17, 15) is 5.11 Å². The molecule has 0 aliphatic rings. The summed E-state index contributed by atoms with van der Waals surface area (Å²) >= 11 is 3.40. The predicted octanol–water partition coefficient (Wildman–Crippen LogP) is 3.53. The van der Waals surface area contributed by atoms with Gasteiger partial charge in [0.2, 0.25) is 0 Å². The van der Waals surface area contributed by atoms with Crippen LogP contribution < -0.4 is 5.32 Å². The summed E-state index contributed by atoms with van der Waals surface area (Å²) in [6.07, 6.45) is 0.362. The van der Waals surface area contributed by atoms with Gasteiger partial charge in [-0.15, -0.1) is 0 Å². The van der Waals surface area contributed by atoms with Crippen LogP contribution in [0.5, 0.6) is 0 Å². The third-order valence-electron chi connectivity index (χ3n) is 2.47. The predicted molar refractivity (Wildman–Crippen MR) is 77.4 cm³/mol. The fourth-order valence-corrected chi connectivity index (χ4v) is 2.25. The molecule has 0 bridgehead atoms. The molecule has 18 heavy (non-hydrogen) atoms. The molecule has 0 radical (unpaired) electrons. The van der Waals surface area contributed by atoms with Gasteiger partial charge in [-0.1, -0.05) is 20.8 Å². The molecule has 1 rings (SSSR count). The van der Waals surface area contributed by atoms with Crippen LogP contribution in [0.25, 0.3) is 0 Å². The molecule has 2 N–H and O–H groups in total. The number of anilines is 1. The first-order valence-corrected chi connectivity index (χ1v) is 6.73. The van der Waals surface area contributed by atoms with Gasteiger partial charge >= 0.3 is 0 Å². The highest BCUT2D eigenvalue weighted by Gasteiger charge is 2.16. The lowest BCUT2D eigenvalue weighted by molar-refractivity contribution is 0.132. The molecule has 98 valence electrons.